The van der Waals surface area contributed by atoms with Gasteiger partial charge in [-0.2, -0.15) is 0 Å². The van der Waals surface area contributed by atoms with Crippen molar-refractivity contribution in [3.8, 4) is 0 Å². The molecule has 4 rings (SSSR count). The van der Waals surface area contributed by atoms with Crippen LogP contribution in [0.4, 0.5) is 0 Å². The average Bonchev–Trinajstić information content (AvgIpc) is 2.78. The Bertz CT molecular complexity index is 1040. The fraction of sp³-hybridized carbons (Fsp3) is 0.667. The van der Waals surface area contributed by atoms with Crippen molar-refractivity contribution in [3.05, 3.63) is 67.5 Å². The molecule has 0 amide bonds. The van der Waals surface area contributed by atoms with Crippen molar-refractivity contribution < 1.29 is 0 Å². The van der Waals surface area contributed by atoms with E-state index in [0.29, 0.717) is 12.1 Å². The molecule has 0 fully saturated rings. The number of pyridine rings is 2. The van der Waals surface area contributed by atoms with E-state index in [-0.39, 0.29) is 21.9 Å². The topological polar surface area (TPSA) is 89.8 Å². The van der Waals surface area contributed by atoms with Crippen LogP contribution in [0.25, 0.3) is 0 Å². The van der Waals surface area contributed by atoms with Crippen molar-refractivity contribution in [3.63, 3.8) is 0 Å². The third-order valence-corrected chi connectivity index (χ3v) is 8.03. The lowest BCUT2D eigenvalue weighted by Gasteiger charge is -2.37. The molecule has 0 saturated heterocycles. The first kappa shape index (κ1) is 26.9. The largest absolute Gasteiger partial charge is 0.326 e. The number of unbranched alkanes of at least 4 members (excludes halogenated alkanes) is 5. The third kappa shape index (κ3) is 7.19. The molecule has 0 bridgehead atoms. The maximum Gasteiger partial charge on any atom is 0.248 e. The highest BCUT2D eigenvalue weighted by Crippen LogP contribution is 2.40. The van der Waals surface area contributed by atoms with E-state index in [1.54, 1.807) is 12.1 Å². The maximum atomic E-state index is 11.8. The minimum absolute atomic E-state index is 0.00383. The van der Waals surface area contributed by atoms with Gasteiger partial charge in [-0.3, -0.25) is 9.59 Å². The van der Waals surface area contributed by atoms with Gasteiger partial charge in [0, 0.05) is 35.6 Å². The van der Waals surface area contributed by atoms with Gasteiger partial charge in [0.25, 0.3) is 0 Å². The van der Waals surface area contributed by atoms with Crippen LogP contribution in [0.2, 0.25) is 0 Å². The van der Waals surface area contributed by atoms with Crippen molar-refractivity contribution in [2.24, 2.45) is 10.8 Å². The van der Waals surface area contributed by atoms with Gasteiger partial charge in [0.1, 0.15) is 0 Å². The predicted molar refractivity (Wildman–Crippen MR) is 148 cm³/mol. The molecule has 6 nitrogen and oxygen atoms in total. The standard InChI is InChI=1S/C30H46N4O2/c1-29(2)17-23(21-11-13-27(35)33-25(21)19-29)31-15-9-7-5-6-8-10-16-32-24-18-30(3,4)20-26-22(24)12-14-28(36)34-26/h11-14,23-24,31-32H,5-10,15-20H2,1-4H3,(H,33,35)(H,34,36)/t23-,24+. The monoisotopic (exact) mass is 494 g/mol. The van der Waals surface area contributed by atoms with Crippen LogP contribution in [-0.2, 0) is 12.8 Å². The number of rotatable bonds is 11. The van der Waals surface area contributed by atoms with Gasteiger partial charge in [-0.25, -0.2) is 0 Å². The van der Waals surface area contributed by atoms with E-state index < -0.39 is 0 Å². The molecule has 6 heteroatoms. The maximum absolute atomic E-state index is 11.8. The zero-order valence-electron chi connectivity index (χ0n) is 22.8. The molecule has 0 radical (unpaired) electrons. The normalized spacial score (nSPS) is 22.1. The SMILES string of the molecule is CC1(C)Cc2[nH]c(=O)ccc2[C@@H](NCCCCCCCCN[C@@H]2CC(C)(C)Cc3[nH]c(=O)ccc32)C1. The molecular weight excluding hydrogens is 448 g/mol. The number of hydrogen-bond acceptors (Lipinski definition) is 4. The first-order valence-corrected chi connectivity index (χ1v) is 14.0. The average molecular weight is 495 g/mol. The predicted octanol–water partition coefficient (Wildman–Crippen LogP) is 5.31. The summed E-state index contributed by atoms with van der Waals surface area (Å²) in [6.07, 6.45) is 11.6. The highest BCUT2D eigenvalue weighted by atomic mass is 16.1. The molecule has 2 heterocycles. The van der Waals surface area contributed by atoms with Gasteiger partial charge < -0.3 is 20.6 Å². The molecular formula is C30H46N4O2. The molecule has 36 heavy (non-hydrogen) atoms. The lowest BCUT2D eigenvalue weighted by molar-refractivity contribution is 0.252. The summed E-state index contributed by atoms with van der Waals surface area (Å²) in [6, 6.07) is 8.02. The molecule has 0 saturated carbocycles. The number of aromatic nitrogens is 2. The number of aromatic amines is 2. The highest BCUT2D eigenvalue weighted by molar-refractivity contribution is 5.29. The van der Waals surface area contributed by atoms with Gasteiger partial charge >= 0.3 is 0 Å². The van der Waals surface area contributed by atoms with E-state index in [0.717, 1.165) is 50.2 Å². The zero-order valence-corrected chi connectivity index (χ0v) is 22.8. The zero-order chi connectivity index (χ0) is 25.8. The second-order valence-corrected chi connectivity index (χ2v) is 12.7. The van der Waals surface area contributed by atoms with Crippen molar-refractivity contribution in [2.45, 2.75) is 104 Å². The molecule has 0 spiro atoms. The van der Waals surface area contributed by atoms with E-state index in [2.05, 4.69) is 48.3 Å². The van der Waals surface area contributed by atoms with E-state index >= 15 is 0 Å². The molecule has 2 atom stereocenters. The number of hydrogen-bond donors (Lipinski definition) is 4. The molecule has 198 valence electrons. The Hall–Kier alpha value is -2.18. The first-order valence-electron chi connectivity index (χ1n) is 14.0. The number of H-pyrrole nitrogens is 2. The van der Waals surface area contributed by atoms with Gasteiger partial charge in [-0.1, -0.05) is 65.5 Å². The number of nitrogens with one attached hydrogen (secondary N) is 4. The minimum Gasteiger partial charge on any atom is -0.326 e. The molecule has 2 aliphatic rings. The number of fused-ring (bicyclic) bond motifs is 2. The van der Waals surface area contributed by atoms with Crippen molar-refractivity contribution in [1.29, 1.82) is 0 Å². The Morgan fingerprint density at radius 1 is 0.667 bits per heavy atom. The Balaban J connectivity index is 1.11. The van der Waals surface area contributed by atoms with Gasteiger partial charge in [0.15, 0.2) is 0 Å². The van der Waals surface area contributed by atoms with Crippen molar-refractivity contribution >= 4 is 0 Å². The van der Waals surface area contributed by atoms with Crippen LogP contribution in [0.1, 0.15) is 114 Å². The fourth-order valence-corrected chi connectivity index (χ4v) is 6.30. The Kier molecular flexibility index (Phi) is 8.56. The Morgan fingerprint density at radius 3 is 1.47 bits per heavy atom. The molecule has 2 aromatic heterocycles. The van der Waals surface area contributed by atoms with Crippen molar-refractivity contribution in [2.75, 3.05) is 13.1 Å². The van der Waals surface area contributed by atoms with Crippen LogP contribution in [-0.4, -0.2) is 23.1 Å². The van der Waals surface area contributed by atoms with Crippen LogP contribution < -0.4 is 21.8 Å². The summed E-state index contributed by atoms with van der Waals surface area (Å²) in [5.74, 6) is 0. The van der Waals surface area contributed by atoms with E-state index in [1.807, 2.05) is 12.1 Å². The van der Waals surface area contributed by atoms with Crippen LogP contribution >= 0.6 is 0 Å². The van der Waals surface area contributed by atoms with Crippen LogP contribution in [0.15, 0.2) is 33.9 Å². The smallest absolute Gasteiger partial charge is 0.248 e. The lowest BCUT2D eigenvalue weighted by atomic mass is 9.74. The molecule has 0 unspecified atom stereocenters. The summed E-state index contributed by atoms with van der Waals surface area (Å²) in [7, 11) is 0. The summed E-state index contributed by atoms with van der Waals surface area (Å²) < 4.78 is 0. The molecule has 0 aromatic carbocycles. The second-order valence-electron chi connectivity index (χ2n) is 12.7. The fourth-order valence-electron chi connectivity index (χ4n) is 6.30. The minimum atomic E-state index is 0.00383. The van der Waals surface area contributed by atoms with Gasteiger partial charge in [0.05, 0.1) is 0 Å². The lowest BCUT2D eigenvalue weighted by Crippen LogP contribution is -2.35. The molecule has 2 aromatic rings. The summed E-state index contributed by atoms with van der Waals surface area (Å²) >= 11 is 0. The summed E-state index contributed by atoms with van der Waals surface area (Å²) in [5, 5.41) is 7.53. The summed E-state index contributed by atoms with van der Waals surface area (Å²) in [5.41, 5.74) is 5.18. The molecule has 0 aliphatic heterocycles. The van der Waals surface area contributed by atoms with E-state index in [4.69, 9.17) is 0 Å². The van der Waals surface area contributed by atoms with Crippen LogP contribution in [0, 0.1) is 10.8 Å². The van der Waals surface area contributed by atoms with Crippen LogP contribution in [0.3, 0.4) is 0 Å². The quantitative estimate of drug-likeness (QED) is 0.319. The van der Waals surface area contributed by atoms with Gasteiger partial charge in [-0.15, -0.1) is 0 Å². The van der Waals surface area contributed by atoms with Crippen molar-refractivity contribution in [1.82, 2.24) is 20.6 Å². The van der Waals surface area contributed by atoms with E-state index in [9.17, 15) is 9.59 Å². The van der Waals surface area contributed by atoms with Gasteiger partial charge in [-0.05, 0) is 73.6 Å². The second kappa shape index (κ2) is 11.5. The Labute approximate surface area is 216 Å². The summed E-state index contributed by atoms with van der Waals surface area (Å²) in [4.78, 5) is 29.7. The third-order valence-electron chi connectivity index (χ3n) is 8.03. The first-order chi connectivity index (χ1) is 17.1. The van der Waals surface area contributed by atoms with Crippen LogP contribution in [0.5, 0.6) is 0 Å². The molecule has 2 aliphatic carbocycles. The highest BCUT2D eigenvalue weighted by Gasteiger charge is 2.33. The van der Waals surface area contributed by atoms with E-state index in [1.165, 1.54) is 49.7 Å². The molecule has 4 N–H and O–H groups in total. The van der Waals surface area contributed by atoms with Gasteiger partial charge in [0.2, 0.25) is 11.1 Å². The Morgan fingerprint density at radius 2 is 1.06 bits per heavy atom. The summed E-state index contributed by atoms with van der Waals surface area (Å²) in [6.45, 7) is 11.2.